The van der Waals surface area contributed by atoms with Gasteiger partial charge in [0.1, 0.15) is 18.4 Å². The lowest BCUT2D eigenvalue weighted by Crippen LogP contribution is -2.55. The fraction of sp³-hybridized carbons (Fsp3) is 0.375. The van der Waals surface area contributed by atoms with E-state index in [4.69, 9.17) is 0 Å². The second-order valence-corrected chi connectivity index (χ2v) is 12.9. The number of halogens is 4. The molecule has 0 spiro atoms. The van der Waals surface area contributed by atoms with Crippen LogP contribution in [0.1, 0.15) is 48.8 Å². The van der Waals surface area contributed by atoms with Crippen molar-refractivity contribution in [3.8, 4) is 0 Å². The van der Waals surface area contributed by atoms with E-state index in [-0.39, 0.29) is 24.7 Å². The number of anilines is 1. The van der Waals surface area contributed by atoms with E-state index in [9.17, 15) is 35.6 Å². The molecule has 44 heavy (non-hydrogen) atoms. The molecule has 0 aromatic heterocycles. The van der Waals surface area contributed by atoms with Crippen molar-refractivity contribution in [2.45, 2.75) is 63.3 Å². The first kappa shape index (κ1) is 33.0. The van der Waals surface area contributed by atoms with Crippen LogP contribution in [-0.4, -0.2) is 50.0 Å². The van der Waals surface area contributed by atoms with Gasteiger partial charge in [-0.1, -0.05) is 67.8 Å². The van der Waals surface area contributed by atoms with Gasteiger partial charge in [0.15, 0.2) is 0 Å². The maximum atomic E-state index is 14.1. The highest BCUT2D eigenvalue weighted by atomic mass is 32.2. The highest BCUT2D eigenvalue weighted by Gasteiger charge is 2.35. The lowest BCUT2D eigenvalue weighted by molar-refractivity contribution is -0.140. The topological polar surface area (TPSA) is 86.8 Å². The van der Waals surface area contributed by atoms with E-state index in [1.165, 1.54) is 35.2 Å². The van der Waals surface area contributed by atoms with Crippen LogP contribution in [-0.2, 0) is 38.8 Å². The number of carbonyl (C=O) groups is 2. The van der Waals surface area contributed by atoms with E-state index in [0.717, 1.165) is 56.1 Å². The van der Waals surface area contributed by atoms with Gasteiger partial charge in [-0.25, -0.2) is 12.8 Å². The molecule has 2 amide bonds. The molecule has 0 heterocycles. The number of hydrogen-bond donors (Lipinski definition) is 1. The van der Waals surface area contributed by atoms with Crippen LogP contribution in [0.5, 0.6) is 0 Å². The van der Waals surface area contributed by atoms with E-state index < -0.39 is 52.0 Å². The van der Waals surface area contributed by atoms with E-state index in [1.807, 2.05) is 0 Å². The van der Waals surface area contributed by atoms with Crippen molar-refractivity contribution in [1.29, 1.82) is 0 Å². The SMILES string of the molecule is CS(=O)(=O)N(CC(=O)N(Cc1ccc(F)cc1)[C@@H](Cc1ccccc1)C(=O)NC1CCCCC1)c1cccc(C(F)(F)F)c1. The lowest BCUT2D eigenvalue weighted by atomic mass is 9.94. The Morgan fingerprint density at radius 2 is 1.57 bits per heavy atom. The molecule has 236 valence electrons. The third-order valence-electron chi connectivity index (χ3n) is 7.63. The highest BCUT2D eigenvalue weighted by molar-refractivity contribution is 7.92. The van der Waals surface area contributed by atoms with Gasteiger partial charge in [-0.3, -0.25) is 13.9 Å². The molecule has 1 saturated carbocycles. The Bertz CT molecular complexity index is 1530. The standard InChI is InChI=1S/C32H35F4N3O4S/c1-44(42,43)39(28-14-8-11-25(20-28)32(34,35)36)22-30(40)38(21-24-15-17-26(33)18-16-24)29(19-23-9-4-2-5-10-23)31(41)37-27-12-6-3-7-13-27/h2,4-5,8-11,14-18,20,27,29H,3,6-7,12-13,19,21-22H2,1H3,(H,37,41)/t29-/m0/s1. The Kier molecular flexibility index (Phi) is 10.7. The molecule has 1 aliphatic rings. The van der Waals surface area contributed by atoms with Gasteiger partial charge in [-0.2, -0.15) is 13.2 Å². The van der Waals surface area contributed by atoms with Gasteiger partial charge >= 0.3 is 6.18 Å². The number of rotatable bonds is 11. The van der Waals surface area contributed by atoms with Crippen LogP contribution >= 0.6 is 0 Å². The van der Waals surface area contributed by atoms with E-state index in [2.05, 4.69) is 5.32 Å². The summed E-state index contributed by atoms with van der Waals surface area (Å²) >= 11 is 0. The molecule has 0 aliphatic heterocycles. The quantitative estimate of drug-likeness (QED) is 0.275. The van der Waals surface area contributed by atoms with Gasteiger partial charge in [0, 0.05) is 19.0 Å². The van der Waals surface area contributed by atoms with Gasteiger partial charge < -0.3 is 10.2 Å². The van der Waals surface area contributed by atoms with E-state index >= 15 is 0 Å². The second-order valence-electron chi connectivity index (χ2n) is 11.0. The van der Waals surface area contributed by atoms with Crippen LogP contribution in [0.3, 0.4) is 0 Å². The van der Waals surface area contributed by atoms with Crippen molar-refractivity contribution in [1.82, 2.24) is 10.2 Å². The molecule has 0 unspecified atom stereocenters. The molecule has 12 heteroatoms. The summed E-state index contributed by atoms with van der Waals surface area (Å²) in [5.74, 6) is -1.74. The average molecular weight is 634 g/mol. The molecule has 4 rings (SSSR count). The van der Waals surface area contributed by atoms with Crippen molar-refractivity contribution >= 4 is 27.5 Å². The lowest BCUT2D eigenvalue weighted by Gasteiger charge is -2.35. The zero-order chi connectivity index (χ0) is 31.9. The number of hydrogen-bond acceptors (Lipinski definition) is 4. The zero-order valence-electron chi connectivity index (χ0n) is 24.3. The molecule has 0 bridgehead atoms. The molecule has 1 atom stereocenters. The van der Waals surface area contributed by atoms with Gasteiger partial charge in [0.25, 0.3) is 0 Å². The van der Waals surface area contributed by atoms with Crippen molar-refractivity contribution in [2.75, 3.05) is 17.1 Å². The van der Waals surface area contributed by atoms with Crippen LogP contribution in [0.15, 0.2) is 78.9 Å². The number of benzene rings is 3. The molecular formula is C32H35F4N3O4S. The normalized spacial score (nSPS) is 14.9. The molecular weight excluding hydrogens is 598 g/mol. The van der Waals surface area contributed by atoms with Crippen LogP contribution in [0.25, 0.3) is 0 Å². The number of carbonyl (C=O) groups excluding carboxylic acids is 2. The summed E-state index contributed by atoms with van der Waals surface area (Å²) in [6, 6.07) is 16.8. The average Bonchev–Trinajstić information content (AvgIpc) is 2.98. The molecule has 3 aromatic carbocycles. The maximum Gasteiger partial charge on any atom is 0.416 e. The first-order chi connectivity index (χ1) is 20.8. The number of amides is 2. The molecule has 1 N–H and O–H groups in total. The minimum Gasteiger partial charge on any atom is -0.352 e. The first-order valence-electron chi connectivity index (χ1n) is 14.3. The first-order valence-corrected chi connectivity index (χ1v) is 16.2. The molecule has 0 radical (unpaired) electrons. The zero-order valence-corrected chi connectivity index (χ0v) is 25.1. The molecule has 0 saturated heterocycles. The number of sulfonamides is 1. The predicted molar refractivity (Wildman–Crippen MR) is 160 cm³/mol. The maximum absolute atomic E-state index is 14.1. The molecule has 1 aliphatic carbocycles. The Morgan fingerprint density at radius 1 is 0.909 bits per heavy atom. The largest absolute Gasteiger partial charge is 0.416 e. The van der Waals surface area contributed by atoms with Crippen molar-refractivity contribution in [2.24, 2.45) is 0 Å². The Morgan fingerprint density at radius 3 is 2.18 bits per heavy atom. The van der Waals surface area contributed by atoms with Crippen LogP contribution < -0.4 is 9.62 Å². The second kappa shape index (κ2) is 14.2. The summed E-state index contributed by atoms with van der Waals surface area (Å²) in [5, 5.41) is 3.06. The van der Waals surface area contributed by atoms with Crippen LogP contribution in [0.2, 0.25) is 0 Å². The van der Waals surface area contributed by atoms with E-state index in [1.54, 1.807) is 30.3 Å². The summed E-state index contributed by atoms with van der Waals surface area (Å²) in [5.41, 5.74) is -0.198. The number of alkyl halides is 3. The number of nitrogens with one attached hydrogen (secondary N) is 1. The summed E-state index contributed by atoms with van der Waals surface area (Å²) in [6.45, 7) is -1.03. The third-order valence-corrected chi connectivity index (χ3v) is 8.77. The van der Waals surface area contributed by atoms with Gasteiger partial charge in [0.2, 0.25) is 21.8 Å². The van der Waals surface area contributed by atoms with Gasteiger partial charge in [-0.15, -0.1) is 0 Å². The summed E-state index contributed by atoms with van der Waals surface area (Å²) in [7, 11) is -4.25. The smallest absolute Gasteiger partial charge is 0.352 e. The Hall–Kier alpha value is -3.93. The van der Waals surface area contributed by atoms with Crippen molar-refractivity contribution in [3.63, 3.8) is 0 Å². The van der Waals surface area contributed by atoms with Crippen molar-refractivity contribution in [3.05, 3.63) is 101 Å². The Balaban J connectivity index is 1.73. The minimum absolute atomic E-state index is 0.0880. The molecule has 1 fully saturated rings. The van der Waals surface area contributed by atoms with Crippen molar-refractivity contribution < 1.29 is 35.6 Å². The number of nitrogens with zero attached hydrogens (tertiary/aromatic N) is 2. The summed E-state index contributed by atoms with van der Waals surface area (Å²) in [6.07, 6.45) is 0.679. The minimum atomic E-state index is -4.74. The Labute approximate surface area is 254 Å². The fourth-order valence-electron chi connectivity index (χ4n) is 5.34. The van der Waals surface area contributed by atoms with E-state index in [0.29, 0.717) is 15.9 Å². The summed E-state index contributed by atoms with van der Waals surface area (Å²) < 4.78 is 80.4. The monoisotopic (exact) mass is 633 g/mol. The van der Waals surface area contributed by atoms with Gasteiger partial charge in [0.05, 0.1) is 17.5 Å². The fourth-order valence-corrected chi connectivity index (χ4v) is 6.18. The van der Waals surface area contributed by atoms with Crippen LogP contribution in [0.4, 0.5) is 23.2 Å². The molecule has 7 nitrogen and oxygen atoms in total. The summed E-state index contributed by atoms with van der Waals surface area (Å²) in [4.78, 5) is 29.2. The van der Waals surface area contributed by atoms with Gasteiger partial charge in [-0.05, 0) is 54.3 Å². The van der Waals surface area contributed by atoms with Crippen LogP contribution in [0, 0.1) is 5.82 Å². The predicted octanol–water partition coefficient (Wildman–Crippen LogP) is 5.70. The molecule has 3 aromatic rings. The highest BCUT2D eigenvalue weighted by Crippen LogP contribution is 2.32. The third kappa shape index (κ3) is 9.04.